The molecule has 3 aromatic rings. The van der Waals surface area contributed by atoms with E-state index in [0.29, 0.717) is 30.6 Å². The largest absolute Gasteiger partial charge is 0.465 e. The second kappa shape index (κ2) is 7.58. The molecule has 2 heterocycles. The third-order valence-corrected chi connectivity index (χ3v) is 6.29. The minimum atomic E-state index is -3.76. The average molecular weight is 427 g/mol. The number of amides is 1. The van der Waals surface area contributed by atoms with Crippen LogP contribution in [0.4, 0.5) is 0 Å². The fourth-order valence-corrected chi connectivity index (χ4v) is 4.27. The molecular weight excluding hydrogens is 406 g/mol. The van der Waals surface area contributed by atoms with Crippen LogP contribution in [0.3, 0.4) is 0 Å². The highest BCUT2D eigenvalue weighted by Gasteiger charge is 2.24. The summed E-state index contributed by atoms with van der Waals surface area (Å²) in [5, 5.41) is 6.01. The van der Waals surface area contributed by atoms with Crippen LogP contribution in [0.2, 0.25) is 0 Å². The molecule has 0 saturated heterocycles. The number of methoxy groups -OCH3 is 1. The fourth-order valence-electron chi connectivity index (χ4n) is 3.76. The number of rotatable bonds is 4. The van der Waals surface area contributed by atoms with Crippen molar-refractivity contribution in [1.82, 2.24) is 9.88 Å². The molecule has 0 bridgehead atoms. The number of ether oxygens (including phenoxy) is 1. The van der Waals surface area contributed by atoms with E-state index in [1.807, 2.05) is 6.07 Å². The second-order valence-electron chi connectivity index (χ2n) is 7.27. The average Bonchev–Trinajstić information content (AvgIpc) is 3.10. The van der Waals surface area contributed by atoms with Crippen molar-refractivity contribution in [3.05, 3.63) is 64.8 Å². The maximum absolute atomic E-state index is 12.8. The van der Waals surface area contributed by atoms with Gasteiger partial charge < -0.3 is 14.6 Å². The van der Waals surface area contributed by atoms with Crippen LogP contribution >= 0.6 is 0 Å². The van der Waals surface area contributed by atoms with Crippen molar-refractivity contribution in [3.8, 4) is 0 Å². The lowest BCUT2D eigenvalue weighted by molar-refractivity contribution is -0.131. The Morgan fingerprint density at radius 1 is 1.17 bits per heavy atom. The number of esters is 1. The van der Waals surface area contributed by atoms with Gasteiger partial charge in [0.25, 0.3) is 0 Å². The van der Waals surface area contributed by atoms with Gasteiger partial charge in [0.15, 0.2) is 0 Å². The Labute approximate surface area is 173 Å². The molecule has 1 aliphatic rings. The number of nitrogens with one attached hydrogen (secondary N) is 1. The zero-order chi connectivity index (χ0) is 21.5. The normalized spacial score (nSPS) is 13.9. The summed E-state index contributed by atoms with van der Waals surface area (Å²) in [7, 11) is -2.42. The predicted molar refractivity (Wildman–Crippen MR) is 110 cm³/mol. The van der Waals surface area contributed by atoms with E-state index in [-0.39, 0.29) is 17.2 Å². The van der Waals surface area contributed by atoms with Crippen LogP contribution in [0, 0.1) is 0 Å². The van der Waals surface area contributed by atoms with Crippen molar-refractivity contribution in [2.24, 2.45) is 5.14 Å². The number of primary sulfonamides is 1. The Kier molecular flexibility index (Phi) is 5.08. The smallest absolute Gasteiger partial charge is 0.337 e. The summed E-state index contributed by atoms with van der Waals surface area (Å²) in [5.74, 6) is -0.457. The molecule has 0 atom stereocenters. The molecule has 0 fully saturated rings. The number of hydrogen-bond donors (Lipinski definition) is 2. The molecule has 2 aromatic carbocycles. The van der Waals surface area contributed by atoms with E-state index < -0.39 is 16.0 Å². The standard InChI is InChI=1S/C21H21N3O5S/c1-29-21(26)14-4-7-18-16(11-14)17-12-24(9-8-19(17)23-18)20(25)10-13-2-5-15(6-3-13)30(22,27)28/h2-7,11,23H,8-10,12H2,1H3,(H2,22,27,28). The van der Waals surface area contributed by atoms with Crippen LogP contribution < -0.4 is 5.14 Å². The van der Waals surface area contributed by atoms with Crippen LogP contribution in [0.1, 0.15) is 27.2 Å². The number of fused-ring (bicyclic) bond motifs is 3. The van der Waals surface area contributed by atoms with Gasteiger partial charge in [-0.1, -0.05) is 12.1 Å². The van der Waals surface area contributed by atoms with E-state index >= 15 is 0 Å². The first-order valence-corrected chi connectivity index (χ1v) is 10.9. The highest BCUT2D eigenvalue weighted by Crippen LogP contribution is 2.29. The number of aromatic amines is 1. The number of carbonyl (C=O) groups is 2. The van der Waals surface area contributed by atoms with Gasteiger partial charge in [0, 0.05) is 41.7 Å². The van der Waals surface area contributed by atoms with Crippen LogP contribution in [-0.2, 0) is 38.9 Å². The second-order valence-corrected chi connectivity index (χ2v) is 8.83. The van der Waals surface area contributed by atoms with Crippen molar-refractivity contribution in [2.45, 2.75) is 24.3 Å². The van der Waals surface area contributed by atoms with Gasteiger partial charge in [-0.05, 0) is 35.9 Å². The van der Waals surface area contributed by atoms with E-state index in [1.165, 1.54) is 19.2 Å². The molecule has 4 rings (SSSR count). The van der Waals surface area contributed by atoms with E-state index in [1.54, 1.807) is 29.2 Å². The van der Waals surface area contributed by atoms with Gasteiger partial charge in [-0.15, -0.1) is 0 Å². The summed E-state index contributed by atoms with van der Waals surface area (Å²) < 4.78 is 27.5. The topological polar surface area (TPSA) is 123 Å². The van der Waals surface area contributed by atoms with Gasteiger partial charge in [-0.25, -0.2) is 18.4 Å². The number of H-pyrrole nitrogens is 1. The van der Waals surface area contributed by atoms with Gasteiger partial charge in [-0.2, -0.15) is 0 Å². The molecule has 0 unspecified atom stereocenters. The molecule has 0 aliphatic carbocycles. The Morgan fingerprint density at radius 3 is 2.57 bits per heavy atom. The summed E-state index contributed by atoms with van der Waals surface area (Å²) in [6, 6.07) is 11.4. The third kappa shape index (κ3) is 3.81. The zero-order valence-corrected chi connectivity index (χ0v) is 17.2. The summed E-state index contributed by atoms with van der Waals surface area (Å²) in [6.45, 7) is 1.02. The predicted octanol–water partition coefficient (Wildman–Crippen LogP) is 1.73. The Hall–Kier alpha value is -3.17. The molecule has 0 spiro atoms. The van der Waals surface area contributed by atoms with E-state index in [0.717, 1.165) is 22.2 Å². The van der Waals surface area contributed by atoms with E-state index in [2.05, 4.69) is 4.98 Å². The quantitative estimate of drug-likeness (QED) is 0.614. The number of nitrogens with zero attached hydrogens (tertiary/aromatic N) is 1. The lowest BCUT2D eigenvalue weighted by Crippen LogP contribution is -2.36. The van der Waals surface area contributed by atoms with Crippen LogP contribution in [0.15, 0.2) is 47.4 Å². The van der Waals surface area contributed by atoms with Crippen LogP contribution in [0.5, 0.6) is 0 Å². The Balaban J connectivity index is 1.54. The van der Waals surface area contributed by atoms with Crippen molar-refractivity contribution >= 4 is 32.8 Å². The maximum atomic E-state index is 12.8. The van der Waals surface area contributed by atoms with Crippen molar-refractivity contribution < 1.29 is 22.7 Å². The van der Waals surface area contributed by atoms with Crippen molar-refractivity contribution in [3.63, 3.8) is 0 Å². The molecule has 3 N–H and O–H groups in total. The van der Waals surface area contributed by atoms with Crippen molar-refractivity contribution in [2.75, 3.05) is 13.7 Å². The summed E-state index contributed by atoms with van der Waals surface area (Å²) >= 11 is 0. The lowest BCUT2D eigenvalue weighted by atomic mass is 10.0. The Bertz CT molecular complexity index is 1250. The molecule has 30 heavy (non-hydrogen) atoms. The Morgan fingerprint density at radius 2 is 1.90 bits per heavy atom. The number of aromatic nitrogens is 1. The molecule has 8 nitrogen and oxygen atoms in total. The number of carbonyl (C=O) groups excluding carboxylic acids is 2. The molecular formula is C21H21N3O5S. The molecule has 1 amide bonds. The fraction of sp³-hybridized carbons (Fsp3) is 0.238. The first kappa shape index (κ1) is 20.1. The first-order valence-electron chi connectivity index (χ1n) is 9.37. The summed E-state index contributed by atoms with van der Waals surface area (Å²) in [4.78, 5) is 29.9. The third-order valence-electron chi connectivity index (χ3n) is 5.36. The molecule has 9 heteroatoms. The first-order chi connectivity index (χ1) is 14.3. The van der Waals surface area contributed by atoms with Crippen LogP contribution in [-0.4, -0.2) is 43.8 Å². The zero-order valence-electron chi connectivity index (χ0n) is 16.3. The van der Waals surface area contributed by atoms with Crippen molar-refractivity contribution in [1.29, 1.82) is 0 Å². The van der Waals surface area contributed by atoms with Gasteiger partial charge in [0.05, 0.1) is 24.0 Å². The number of sulfonamides is 1. The molecule has 1 aliphatic heterocycles. The summed E-state index contributed by atoms with van der Waals surface area (Å²) in [6.07, 6.45) is 0.851. The molecule has 0 radical (unpaired) electrons. The van der Waals surface area contributed by atoms with E-state index in [4.69, 9.17) is 9.88 Å². The minimum Gasteiger partial charge on any atom is -0.465 e. The maximum Gasteiger partial charge on any atom is 0.337 e. The summed E-state index contributed by atoms with van der Waals surface area (Å²) in [5.41, 5.74) is 4.16. The van der Waals surface area contributed by atoms with Gasteiger partial charge in [-0.3, -0.25) is 4.79 Å². The number of nitrogens with two attached hydrogens (primary N) is 1. The number of hydrogen-bond acceptors (Lipinski definition) is 5. The lowest BCUT2D eigenvalue weighted by Gasteiger charge is -2.27. The highest BCUT2D eigenvalue weighted by molar-refractivity contribution is 7.89. The SMILES string of the molecule is COC(=O)c1ccc2[nH]c3c(c2c1)CN(C(=O)Cc1ccc(S(N)(=O)=O)cc1)CC3. The van der Waals surface area contributed by atoms with Gasteiger partial charge in [0.2, 0.25) is 15.9 Å². The number of benzene rings is 2. The highest BCUT2D eigenvalue weighted by atomic mass is 32.2. The molecule has 0 saturated carbocycles. The monoisotopic (exact) mass is 427 g/mol. The minimum absolute atomic E-state index is 0.0153. The van der Waals surface area contributed by atoms with Gasteiger partial charge >= 0.3 is 5.97 Å². The van der Waals surface area contributed by atoms with E-state index in [9.17, 15) is 18.0 Å². The van der Waals surface area contributed by atoms with Gasteiger partial charge in [0.1, 0.15) is 0 Å². The van der Waals surface area contributed by atoms with Crippen LogP contribution in [0.25, 0.3) is 10.9 Å². The molecule has 156 valence electrons. The molecule has 1 aromatic heterocycles.